The fourth-order valence-electron chi connectivity index (χ4n) is 3.50. The second-order valence-electron chi connectivity index (χ2n) is 7.57. The molecule has 0 fully saturated rings. The quantitative estimate of drug-likeness (QED) is 0.491. The van der Waals surface area contributed by atoms with Gasteiger partial charge in [0.05, 0.1) is 20.8 Å². The van der Waals surface area contributed by atoms with Crippen molar-refractivity contribution >= 4 is 5.91 Å². The summed E-state index contributed by atoms with van der Waals surface area (Å²) >= 11 is 0. The largest absolute Gasteiger partial charge is 0.497 e. The number of hydrogen-bond acceptors (Lipinski definition) is 4. The van der Waals surface area contributed by atoms with Gasteiger partial charge in [-0.1, -0.05) is 66.7 Å². The van der Waals surface area contributed by atoms with Gasteiger partial charge in [0.15, 0.2) is 0 Å². The third-order valence-corrected chi connectivity index (χ3v) is 5.12. The predicted octanol–water partition coefficient (Wildman–Crippen LogP) is 4.36. The van der Waals surface area contributed by atoms with Gasteiger partial charge in [0, 0.05) is 31.3 Å². The first-order chi connectivity index (χ1) is 15.1. The molecule has 0 saturated heterocycles. The molecule has 0 unspecified atom stereocenters. The number of rotatable bonds is 10. The molecule has 0 bridgehead atoms. The molecule has 0 radical (unpaired) electrons. The van der Waals surface area contributed by atoms with Gasteiger partial charge in [0.1, 0.15) is 11.5 Å². The van der Waals surface area contributed by atoms with Gasteiger partial charge in [-0.25, -0.2) is 0 Å². The SMILES string of the molecule is COc1ccc(CN(C)CC(=O)N(Cc2ccccc2)Cc2ccccc2)c(OC)c1. The van der Waals surface area contributed by atoms with Crippen molar-refractivity contribution in [2.75, 3.05) is 27.8 Å². The summed E-state index contributed by atoms with van der Waals surface area (Å²) in [4.78, 5) is 17.2. The normalized spacial score (nSPS) is 10.7. The molecule has 5 nitrogen and oxygen atoms in total. The van der Waals surface area contributed by atoms with Crippen LogP contribution in [-0.4, -0.2) is 43.5 Å². The molecule has 0 aliphatic heterocycles. The first kappa shape index (κ1) is 22.4. The van der Waals surface area contributed by atoms with Crippen LogP contribution in [0.1, 0.15) is 16.7 Å². The molecule has 0 atom stereocenters. The van der Waals surface area contributed by atoms with E-state index in [0.29, 0.717) is 26.2 Å². The lowest BCUT2D eigenvalue weighted by atomic mass is 10.1. The standard InChI is InChI=1S/C26H30N2O3/c1-27(19-23-14-15-24(30-2)16-25(23)31-3)20-26(29)28(17-21-10-6-4-7-11-21)18-22-12-8-5-9-13-22/h4-16H,17-20H2,1-3H3. The maximum Gasteiger partial charge on any atom is 0.237 e. The van der Waals surface area contributed by atoms with Crippen LogP contribution in [0, 0.1) is 0 Å². The van der Waals surface area contributed by atoms with Crippen LogP contribution in [0.25, 0.3) is 0 Å². The van der Waals surface area contributed by atoms with E-state index in [1.54, 1.807) is 14.2 Å². The summed E-state index contributed by atoms with van der Waals surface area (Å²) in [7, 11) is 5.23. The molecule has 31 heavy (non-hydrogen) atoms. The van der Waals surface area contributed by atoms with Crippen LogP contribution in [0.4, 0.5) is 0 Å². The van der Waals surface area contributed by atoms with Crippen molar-refractivity contribution in [3.8, 4) is 11.5 Å². The van der Waals surface area contributed by atoms with Gasteiger partial charge in [-0.15, -0.1) is 0 Å². The Morgan fingerprint density at radius 3 is 1.87 bits per heavy atom. The maximum absolute atomic E-state index is 13.2. The number of amides is 1. The Bertz CT molecular complexity index is 919. The van der Waals surface area contributed by atoms with Gasteiger partial charge in [0.25, 0.3) is 0 Å². The molecule has 1 amide bonds. The van der Waals surface area contributed by atoms with Crippen molar-refractivity contribution in [2.45, 2.75) is 19.6 Å². The second-order valence-corrected chi connectivity index (χ2v) is 7.57. The van der Waals surface area contributed by atoms with Crippen LogP contribution in [-0.2, 0) is 24.4 Å². The fourth-order valence-corrected chi connectivity index (χ4v) is 3.50. The lowest BCUT2D eigenvalue weighted by Crippen LogP contribution is -2.38. The van der Waals surface area contributed by atoms with Crippen LogP contribution >= 0.6 is 0 Å². The van der Waals surface area contributed by atoms with E-state index in [0.717, 1.165) is 28.2 Å². The smallest absolute Gasteiger partial charge is 0.237 e. The highest BCUT2D eigenvalue weighted by atomic mass is 16.5. The monoisotopic (exact) mass is 418 g/mol. The van der Waals surface area contributed by atoms with Gasteiger partial charge in [-0.05, 0) is 24.2 Å². The lowest BCUT2D eigenvalue weighted by molar-refractivity contribution is -0.133. The number of carbonyl (C=O) groups is 1. The first-order valence-corrected chi connectivity index (χ1v) is 10.3. The molecule has 3 rings (SSSR count). The molecule has 0 saturated carbocycles. The minimum atomic E-state index is 0.0858. The Hall–Kier alpha value is -3.31. The zero-order valence-corrected chi connectivity index (χ0v) is 18.5. The number of benzene rings is 3. The summed E-state index contributed by atoms with van der Waals surface area (Å²) in [5, 5.41) is 0. The minimum absolute atomic E-state index is 0.0858. The van der Waals surface area contributed by atoms with E-state index in [4.69, 9.17) is 9.47 Å². The van der Waals surface area contributed by atoms with Gasteiger partial charge in [0.2, 0.25) is 5.91 Å². The molecule has 5 heteroatoms. The Kier molecular flexibility index (Phi) is 8.07. The van der Waals surface area contributed by atoms with Crippen molar-refractivity contribution < 1.29 is 14.3 Å². The topological polar surface area (TPSA) is 42.0 Å². The molecule has 162 valence electrons. The van der Waals surface area contributed by atoms with E-state index < -0.39 is 0 Å². The maximum atomic E-state index is 13.2. The highest BCUT2D eigenvalue weighted by Crippen LogP contribution is 2.25. The zero-order chi connectivity index (χ0) is 22.1. The van der Waals surface area contributed by atoms with E-state index in [2.05, 4.69) is 24.3 Å². The molecular formula is C26H30N2O3. The predicted molar refractivity (Wildman–Crippen MR) is 123 cm³/mol. The average Bonchev–Trinajstić information content (AvgIpc) is 2.80. The van der Waals surface area contributed by atoms with E-state index in [1.165, 1.54) is 0 Å². The fraction of sp³-hybridized carbons (Fsp3) is 0.269. The molecule has 3 aromatic carbocycles. The van der Waals surface area contributed by atoms with E-state index in [1.807, 2.05) is 71.4 Å². The van der Waals surface area contributed by atoms with E-state index in [-0.39, 0.29) is 5.91 Å². The molecular weight excluding hydrogens is 388 g/mol. The van der Waals surface area contributed by atoms with Crippen molar-refractivity contribution in [3.63, 3.8) is 0 Å². The van der Waals surface area contributed by atoms with E-state index in [9.17, 15) is 4.79 Å². The second kappa shape index (κ2) is 11.2. The summed E-state index contributed by atoms with van der Waals surface area (Å²) in [6, 6.07) is 25.9. The van der Waals surface area contributed by atoms with Crippen LogP contribution < -0.4 is 9.47 Å². The number of ether oxygens (including phenoxy) is 2. The van der Waals surface area contributed by atoms with E-state index >= 15 is 0 Å². The Morgan fingerprint density at radius 2 is 1.35 bits per heavy atom. The van der Waals surface area contributed by atoms with Crippen molar-refractivity contribution in [2.24, 2.45) is 0 Å². The van der Waals surface area contributed by atoms with Gasteiger partial charge >= 0.3 is 0 Å². The van der Waals surface area contributed by atoms with Crippen LogP contribution in [0.3, 0.4) is 0 Å². The summed E-state index contributed by atoms with van der Waals surface area (Å²) in [6.07, 6.45) is 0. The molecule has 3 aromatic rings. The van der Waals surface area contributed by atoms with Crippen molar-refractivity contribution in [3.05, 3.63) is 95.6 Å². The van der Waals surface area contributed by atoms with Gasteiger partial charge in [-0.3, -0.25) is 9.69 Å². The van der Waals surface area contributed by atoms with Gasteiger partial charge < -0.3 is 14.4 Å². The number of likely N-dealkylation sites (N-methyl/N-ethyl adjacent to an activating group) is 1. The highest BCUT2D eigenvalue weighted by Gasteiger charge is 2.18. The third-order valence-electron chi connectivity index (χ3n) is 5.12. The molecule has 0 N–H and O–H groups in total. The van der Waals surface area contributed by atoms with Crippen LogP contribution in [0.5, 0.6) is 11.5 Å². The van der Waals surface area contributed by atoms with Crippen molar-refractivity contribution in [1.29, 1.82) is 0 Å². The lowest BCUT2D eigenvalue weighted by Gasteiger charge is -2.26. The zero-order valence-electron chi connectivity index (χ0n) is 18.5. The average molecular weight is 419 g/mol. The van der Waals surface area contributed by atoms with Gasteiger partial charge in [-0.2, -0.15) is 0 Å². The Labute approximate surface area is 184 Å². The first-order valence-electron chi connectivity index (χ1n) is 10.3. The number of methoxy groups -OCH3 is 2. The molecule has 0 heterocycles. The van der Waals surface area contributed by atoms with Crippen LogP contribution in [0.2, 0.25) is 0 Å². The summed E-state index contributed by atoms with van der Waals surface area (Å²) < 4.78 is 10.8. The number of nitrogens with zero attached hydrogens (tertiary/aromatic N) is 2. The summed E-state index contributed by atoms with van der Waals surface area (Å²) in [6.45, 7) is 2.07. The molecule has 0 aromatic heterocycles. The number of hydrogen-bond donors (Lipinski definition) is 0. The Morgan fingerprint density at radius 1 is 0.774 bits per heavy atom. The minimum Gasteiger partial charge on any atom is -0.497 e. The third kappa shape index (κ3) is 6.59. The summed E-state index contributed by atoms with van der Waals surface area (Å²) in [5.41, 5.74) is 3.24. The van der Waals surface area contributed by atoms with Crippen molar-refractivity contribution in [1.82, 2.24) is 9.80 Å². The molecule has 0 spiro atoms. The van der Waals surface area contributed by atoms with Crippen LogP contribution in [0.15, 0.2) is 78.9 Å². The highest BCUT2D eigenvalue weighted by molar-refractivity contribution is 5.78. The number of carbonyl (C=O) groups excluding carboxylic acids is 1. The summed E-state index contributed by atoms with van der Waals surface area (Å²) in [5.74, 6) is 1.59. The Balaban J connectivity index is 1.70. The molecule has 0 aliphatic rings. The molecule has 0 aliphatic carbocycles.